The molecule has 0 aliphatic rings. The van der Waals surface area contributed by atoms with Gasteiger partial charge in [-0.25, -0.2) is 19.0 Å². The minimum absolute atomic E-state index is 0.0224. The second-order valence-electron chi connectivity index (χ2n) is 6.67. The van der Waals surface area contributed by atoms with E-state index in [9.17, 15) is 18.0 Å². The number of hydrogen-bond acceptors (Lipinski definition) is 4. The molecule has 0 bridgehead atoms. The van der Waals surface area contributed by atoms with Crippen molar-refractivity contribution >= 4 is 16.9 Å². The molecule has 7 nitrogen and oxygen atoms in total. The minimum atomic E-state index is -2.81. The Kier molecular flexibility index (Phi) is 4.98. The van der Waals surface area contributed by atoms with Crippen LogP contribution in [0.2, 0.25) is 0 Å². The van der Waals surface area contributed by atoms with Gasteiger partial charge in [-0.15, -0.1) is 5.10 Å². The number of fused-ring (bicyclic) bond motifs is 1. The van der Waals surface area contributed by atoms with Gasteiger partial charge in [-0.1, -0.05) is 12.1 Å². The highest BCUT2D eigenvalue weighted by atomic mass is 19.3. The fourth-order valence-electron chi connectivity index (χ4n) is 3.21. The molecule has 0 saturated carbocycles. The van der Waals surface area contributed by atoms with Crippen LogP contribution in [0.5, 0.6) is 0 Å². The third-order valence-corrected chi connectivity index (χ3v) is 4.60. The molecular weight excluding hydrogens is 397 g/mol. The number of benzene rings is 2. The van der Waals surface area contributed by atoms with E-state index in [-0.39, 0.29) is 17.2 Å². The number of aromatic nitrogens is 5. The fraction of sp³-hybridized carbons (Fsp3) is 0.200. The molecule has 2 aromatic carbocycles. The van der Waals surface area contributed by atoms with E-state index >= 15 is 0 Å². The van der Waals surface area contributed by atoms with Crippen LogP contribution >= 0.6 is 0 Å². The average molecular weight is 414 g/mol. The second kappa shape index (κ2) is 7.62. The molecule has 0 spiro atoms. The number of para-hydroxylation sites is 2. The monoisotopic (exact) mass is 414 g/mol. The first-order valence-electron chi connectivity index (χ1n) is 9.10. The predicted molar refractivity (Wildman–Crippen MR) is 103 cm³/mol. The molecule has 1 atom stereocenters. The third-order valence-electron chi connectivity index (χ3n) is 4.60. The van der Waals surface area contributed by atoms with Gasteiger partial charge in [0, 0.05) is 0 Å². The van der Waals surface area contributed by atoms with E-state index in [2.05, 4.69) is 20.4 Å². The number of alkyl halides is 2. The van der Waals surface area contributed by atoms with Crippen molar-refractivity contribution in [3.05, 3.63) is 71.8 Å². The van der Waals surface area contributed by atoms with Crippen LogP contribution in [-0.4, -0.2) is 30.2 Å². The van der Waals surface area contributed by atoms with Crippen molar-refractivity contribution in [2.75, 3.05) is 0 Å². The normalized spacial score (nSPS) is 12.5. The molecule has 0 fully saturated rings. The maximum Gasteiger partial charge on any atom is 0.320 e. The maximum atomic E-state index is 13.6. The summed E-state index contributed by atoms with van der Waals surface area (Å²) in [5, 5.41) is 6.77. The summed E-state index contributed by atoms with van der Waals surface area (Å²) in [5.41, 5.74) is 1.22. The van der Waals surface area contributed by atoms with Gasteiger partial charge in [-0.2, -0.15) is 8.78 Å². The number of aryl methyl sites for hydroxylation is 1. The molecule has 10 heteroatoms. The van der Waals surface area contributed by atoms with Gasteiger partial charge < -0.3 is 5.32 Å². The first kappa shape index (κ1) is 19.6. The van der Waals surface area contributed by atoms with Gasteiger partial charge >= 0.3 is 6.55 Å². The summed E-state index contributed by atoms with van der Waals surface area (Å²) in [6, 6.07) is 11.2. The Hall–Kier alpha value is -3.69. The van der Waals surface area contributed by atoms with Crippen molar-refractivity contribution in [2.24, 2.45) is 0 Å². The predicted octanol–water partition coefficient (Wildman–Crippen LogP) is 3.95. The lowest BCUT2D eigenvalue weighted by molar-refractivity contribution is 0.0687. The number of imidazole rings is 1. The van der Waals surface area contributed by atoms with Gasteiger partial charge in [0.15, 0.2) is 0 Å². The molecule has 30 heavy (non-hydrogen) atoms. The summed E-state index contributed by atoms with van der Waals surface area (Å²) >= 11 is 0. The highest BCUT2D eigenvalue weighted by molar-refractivity contribution is 5.90. The van der Waals surface area contributed by atoms with E-state index in [0.717, 1.165) is 4.57 Å². The summed E-state index contributed by atoms with van der Waals surface area (Å²) in [4.78, 5) is 21.0. The van der Waals surface area contributed by atoms with Gasteiger partial charge in [0.2, 0.25) is 5.82 Å². The first-order chi connectivity index (χ1) is 14.3. The number of hydrogen-bond donors (Lipinski definition) is 1. The number of amides is 1. The largest absolute Gasteiger partial charge is 0.340 e. The summed E-state index contributed by atoms with van der Waals surface area (Å²) in [6.07, 6.45) is 0. The molecular formula is C20H17F3N6O. The molecule has 154 valence electrons. The van der Waals surface area contributed by atoms with Gasteiger partial charge in [-0.05, 0) is 50.2 Å². The summed E-state index contributed by atoms with van der Waals surface area (Å²) in [6.45, 7) is 0.388. The smallest absolute Gasteiger partial charge is 0.320 e. The molecule has 1 unspecified atom stereocenters. The van der Waals surface area contributed by atoms with Gasteiger partial charge in [0.1, 0.15) is 17.5 Å². The lowest BCUT2D eigenvalue weighted by Gasteiger charge is -2.14. The van der Waals surface area contributed by atoms with Gasteiger partial charge in [-0.3, -0.25) is 9.36 Å². The number of nitrogens with zero attached hydrogens (tertiary/aromatic N) is 5. The number of nitrogens with one attached hydrogen (secondary N) is 1. The third kappa shape index (κ3) is 3.51. The number of rotatable bonds is 5. The summed E-state index contributed by atoms with van der Waals surface area (Å²) in [5.74, 6) is -0.735. The molecule has 2 aromatic heterocycles. The van der Waals surface area contributed by atoms with E-state index in [1.54, 1.807) is 38.1 Å². The number of carbonyl (C=O) groups excluding carboxylic acids is 1. The zero-order valence-corrected chi connectivity index (χ0v) is 16.1. The molecule has 0 radical (unpaired) electrons. The second-order valence-corrected chi connectivity index (χ2v) is 6.67. The van der Waals surface area contributed by atoms with Crippen molar-refractivity contribution in [1.29, 1.82) is 0 Å². The molecule has 0 aliphatic carbocycles. The van der Waals surface area contributed by atoms with Crippen LogP contribution in [0.4, 0.5) is 13.2 Å². The SMILES string of the molecule is Cc1nc(C(=O)NC(C)c2nc3ccccc3n2C(F)F)nn1-c1ccc(F)cc1. The van der Waals surface area contributed by atoms with Crippen molar-refractivity contribution in [2.45, 2.75) is 26.4 Å². The maximum absolute atomic E-state index is 13.6. The molecule has 1 amide bonds. The van der Waals surface area contributed by atoms with Crippen LogP contribution in [0.25, 0.3) is 16.7 Å². The van der Waals surface area contributed by atoms with Crippen molar-refractivity contribution in [3.63, 3.8) is 0 Å². The average Bonchev–Trinajstić information content (AvgIpc) is 3.29. The van der Waals surface area contributed by atoms with Crippen LogP contribution in [0.1, 0.15) is 41.8 Å². The van der Waals surface area contributed by atoms with E-state index in [4.69, 9.17) is 0 Å². The topological polar surface area (TPSA) is 77.6 Å². The van der Waals surface area contributed by atoms with Crippen LogP contribution in [0, 0.1) is 12.7 Å². The zero-order chi connectivity index (χ0) is 21.4. The van der Waals surface area contributed by atoms with E-state index in [1.807, 2.05) is 0 Å². The zero-order valence-electron chi connectivity index (χ0n) is 16.1. The van der Waals surface area contributed by atoms with Gasteiger partial charge in [0.25, 0.3) is 5.91 Å². The van der Waals surface area contributed by atoms with Crippen molar-refractivity contribution in [3.8, 4) is 5.69 Å². The quantitative estimate of drug-likeness (QED) is 0.536. The van der Waals surface area contributed by atoms with E-state index in [1.165, 1.54) is 28.9 Å². The van der Waals surface area contributed by atoms with Crippen LogP contribution < -0.4 is 5.32 Å². The fourth-order valence-corrected chi connectivity index (χ4v) is 3.21. The summed E-state index contributed by atoms with van der Waals surface area (Å²) < 4.78 is 42.6. The Morgan fingerprint density at radius 2 is 1.77 bits per heavy atom. The van der Waals surface area contributed by atoms with Crippen LogP contribution in [-0.2, 0) is 0 Å². The van der Waals surface area contributed by atoms with E-state index in [0.29, 0.717) is 17.0 Å². The highest BCUT2D eigenvalue weighted by Gasteiger charge is 2.24. The van der Waals surface area contributed by atoms with Crippen molar-refractivity contribution in [1.82, 2.24) is 29.6 Å². The Balaban J connectivity index is 1.60. The molecule has 0 saturated heterocycles. The highest BCUT2D eigenvalue weighted by Crippen LogP contribution is 2.26. The molecule has 4 aromatic rings. The number of halogens is 3. The minimum Gasteiger partial charge on any atom is -0.340 e. The lowest BCUT2D eigenvalue weighted by atomic mass is 10.3. The Morgan fingerprint density at radius 1 is 1.07 bits per heavy atom. The van der Waals surface area contributed by atoms with Crippen LogP contribution in [0.15, 0.2) is 48.5 Å². The molecule has 2 heterocycles. The van der Waals surface area contributed by atoms with Crippen molar-refractivity contribution < 1.29 is 18.0 Å². The first-order valence-corrected chi connectivity index (χ1v) is 9.10. The van der Waals surface area contributed by atoms with Crippen LogP contribution in [0.3, 0.4) is 0 Å². The summed E-state index contributed by atoms with van der Waals surface area (Å²) in [7, 11) is 0. The Morgan fingerprint density at radius 3 is 2.47 bits per heavy atom. The van der Waals surface area contributed by atoms with Gasteiger partial charge in [0.05, 0.1) is 22.8 Å². The molecule has 0 aliphatic heterocycles. The number of carbonyl (C=O) groups is 1. The molecule has 4 rings (SSSR count). The Bertz CT molecular complexity index is 1220. The lowest BCUT2D eigenvalue weighted by Crippen LogP contribution is -2.29. The molecule has 1 N–H and O–H groups in total. The van der Waals surface area contributed by atoms with E-state index < -0.39 is 24.3 Å². The Labute approximate surface area is 169 Å². The standard InChI is InChI=1S/C20H17F3N6O/c1-11(18-26-15-5-3-4-6-16(15)28(18)20(22)23)24-19(30)17-25-12(2)29(27-17)14-9-7-13(21)8-10-14/h3-11,20H,1-2H3,(H,24,30).